The van der Waals surface area contributed by atoms with E-state index in [2.05, 4.69) is 0 Å². The molecule has 106 valence electrons. The van der Waals surface area contributed by atoms with Crippen LogP contribution in [0.5, 0.6) is 5.75 Å². The van der Waals surface area contributed by atoms with E-state index in [1.165, 1.54) is 0 Å². The molecule has 21 heavy (non-hydrogen) atoms. The Morgan fingerprint density at radius 1 is 1.00 bits per heavy atom. The summed E-state index contributed by atoms with van der Waals surface area (Å²) in [5, 5.41) is 0.959. The number of nitrogens with zero attached hydrogens (tertiary/aromatic N) is 1. The predicted octanol–water partition coefficient (Wildman–Crippen LogP) is 3.60. The van der Waals surface area contributed by atoms with E-state index in [-0.39, 0.29) is 5.56 Å². The molecule has 2 aromatic carbocycles. The van der Waals surface area contributed by atoms with Gasteiger partial charge in [-0.2, -0.15) is 0 Å². The highest BCUT2D eigenvalue weighted by Gasteiger charge is 2.17. The maximum atomic E-state index is 12.8. The molecule has 0 aliphatic heterocycles. The normalized spacial score (nSPS) is 10.8. The molecule has 0 aliphatic carbocycles. The van der Waals surface area contributed by atoms with Gasteiger partial charge in [0.2, 0.25) is 0 Å². The molecular weight excluding hydrogens is 262 g/mol. The van der Waals surface area contributed by atoms with E-state index in [1.807, 2.05) is 61.5 Å². The summed E-state index contributed by atoms with van der Waals surface area (Å²) in [5.41, 5.74) is 2.35. The third-order valence-electron chi connectivity index (χ3n) is 3.61. The summed E-state index contributed by atoms with van der Waals surface area (Å²) >= 11 is 0. The summed E-state index contributed by atoms with van der Waals surface area (Å²) in [6.07, 6.45) is 0. The first kappa shape index (κ1) is 13.4. The van der Waals surface area contributed by atoms with Crippen molar-refractivity contribution in [2.75, 3.05) is 6.61 Å². The van der Waals surface area contributed by atoms with Crippen LogP contribution in [-0.2, 0) is 7.05 Å². The first-order chi connectivity index (χ1) is 10.2. The van der Waals surface area contributed by atoms with Crippen LogP contribution in [-0.4, -0.2) is 11.2 Å². The molecule has 1 heterocycles. The molecule has 0 amide bonds. The number of hydrogen-bond acceptors (Lipinski definition) is 2. The number of fused-ring (bicyclic) bond motifs is 1. The SMILES string of the molecule is CCOc1c(-c2ccccc2)c(=O)n(C)c2ccccc12. The van der Waals surface area contributed by atoms with Crippen LogP contribution >= 0.6 is 0 Å². The Hall–Kier alpha value is -2.55. The first-order valence-electron chi connectivity index (χ1n) is 7.04. The minimum Gasteiger partial charge on any atom is -0.492 e. The molecule has 0 fully saturated rings. The number of ether oxygens (including phenoxy) is 1. The van der Waals surface area contributed by atoms with Gasteiger partial charge < -0.3 is 9.30 Å². The lowest BCUT2D eigenvalue weighted by Crippen LogP contribution is -2.20. The van der Waals surface area contributed by atoms with Gasteiger partial charge in [-0.15, -0.1) is 0 Å². The molecule has 1 aromatic heterocycles. The van der Waals surface area contributed by atoms with Crippen molar-refractivity contribution in [3.8, 4) is 16.9 Å². The lowest BCUT2D eigenvalue weighted by Gasteiger charge is -2.15. The fraction of sp³-hybridized carbons (Fsp3) is 0.167. The lowest BCUT2D eigenvalue weighted by atomic mass is 10.0. The minimum absolute atomic E-state index is 0.0386. The van der Waals surface area contributed by atoms with Crippen LogP contribution in [0.3, 0.4) is 0 Å². The van der Waals surface area contributed by atoms with E-state index in [0.717, 1.165) is 16.5 Å². The molecule has 3 nitrogen and oxygen atoms in total. The fourth-order valence-electron chi connectivity index (χ4n) is 2.62. The standard InChI is InChI=1S/C18H17NO2/c1-3-21-17-14-11-7-8-12-15(14)19(2)18(20)16(17)13-9-5-4-6-10-13/h4-12H,3H2,1-2H3. The van der Waals surface area contributed by atoms with Crippen LogP contribution in [0.4, 0.5) is 0 Å². The Kier molecular flexibility index (Phi) is 3.48. The molecule has 0 unspecified atom stereocenters. The zero-order valence-corrected chi connectivity index (χ0v) is 12.2. The Bertz CT molecular complexity index is 835. The number of hydrogen-bond donors (Lipinski definition) is 0. The van der Waals surface area contributed by atoms with Crippen LogP contribution < -0.4 is 10.3 Å². The third kappa shape index (κ3) is 2.21. The van der Waals surface area contributed by atoms with E-state index >= 15 is 0 Å². The summed E-state index contributed by atoms with van der Waals surface area (Å²) in [7, 11) is 1.80. The maximum Gasteiger partial charge on any atom is 0.262 e. The van der Waals surface area contributed by atoms with Gasteiger partial charge >= 0.3 is 0 Å². The molecule has 3 rings (SSSR count). The molecule has 0 atom stereocenters. The largest absolute Gasteiger partial charge is 0.492 e. The van der Waals surface area contributed by atoms with Gasteiger partial charge in [0, 0.05) is 12.4 Å². The van der Waals surface area contributed by atoms with Gasteiger partial charge in [0.15, 0.2) is 0 Å². The van der Waals surface area contributed by atoms with Gasteiger partial charge in [-0.05, 0) is 24.6 Å². The lowest BCUT2D eigenvalue weighted by molar-refractivity contribution is 0.345. The molecule has 0 saturated carbocycles. The first-order valence-corrected chi connectivity index (χ1v) is 7.04. The van der Waals surface area contributed by atoms with E-state index in [4.69, 9.17) is 4.74 Å². The Morgan fingerprint density at radius 2 is 1.67 bits per heavy atom. The second kappa shape index (κ2) is 5.44. The van der Waals surface area contributed by atoms with Gasteiger partial charge in [-0.3, -0.25) is 4.79 Å². The monoisotopic (exact) mass is 279 g/mol. The van der Waals surface area contributed by atoms with Crippen LogP contribution in [0.2, 0.25) is 0 Å². The summed E-state index contributed by atoms with van der Waals surface area (Å²) in [4.78, 5) is 12.8. The van der Waals surface area contributed by atoms with Gasteiger partial charge in [-0.1, -0.05) is 42.5 Å². The van der Waals surface area contributed by atoms with Crippen molar-refractivity contribution in [1.29, 1.82) is 0 Å². The molecule has 0 N–H and O–H groups in total. The molecule has 0 aliphatic rings. The van der Waals surface area contributed by atoms with Crippen molar-refractivity contribution in [3.63, 3.8) is 0 Å². The van der Waals surface area contributed by atoms with Crippen molar-refractivity contribution in [1.82, 2.24) is 4.57 Å². The topological polar surface area (TPSA) is 31.2 Å². The van der Waals surface area contributed by atoms with Crippen LogP contribution in [0, 0.1) is 0 Å². The quantitative estimate of drug-likeness (QED) is 0.733. The second-order valence-electron chi connectivity index (χ2n) is 4.88. The van der Waals surface area contributed by atoms with E-state index in [1.54, 1.807) is 11.6 Å². The van der Waals surface area contributed by atoms with Gasteiger partial charge in [0.25, 0.3) is 5.56 Å². The van der Waals surface area contributed by atoms with Gasteiger partial charge in [-0.25, -0.2) is 0 Å². The average molecular weight is 279 g/mol. The maximum absolute atomic E-state index is 12.8. The van der Waals surface area contributed by atoms with E-state index in [0.29, 0.717) is 17.9 Å². The highest BCUT2D eigenvalue weighted by Crippen LogP contribution is 2.33. The fourth-order valence-corrected chi connectivity index (χ4v) is 2.62. The van der Waals surface area contributed by atoms with Crippen molar-refractivity contribution < 1.29 is 4.74 Å². The molecule has 0 spiro atoms. The number of rotatable bonds is 3. The summed E-state index contributed by atoms with van der Waals surface area (Å²) < 4.78 is 7.51. The van der Waals surface area contributed by atoms with Gasteiger partial charge in [0.1, 0.15) is 5.75 Å². The number of pyridine rings is 1. The number of para-hydroxylation sites is 1. The van der Waals surface area contributed by atoms with Gasteiger partial charge in [0.05, 0.1) is 17.7 Å². The summed E-state index contributed by atoms with van der Waals surface area (Å²) in [6, 6.07) is 17.5. The summed E-state index contributed by atoms with van der Waals surface area (Å²) in [5.74, 6) is 0.669. The number of benzene rings is 2. The van der Waals surface area contributed by atoms with Crippen LogP contribution in [0.15, 0.2) is 59.4 Å². The predicted molar refractivity (Wildman–Crippen MR) is 85.8 cm³/mol. The number of aromatic nitrogens is 1. The van der Waals surface area contributed by atoms with Crippen molar-refractivity contribution in [2.45, 2.75) is 6.92 Å². The van der Waals surface area contributed by atoms with Crippen molar-refractivity contribution in [2.24, 2.45) is 7.05 Å². The third-order valence-corrected chi connectivity index (χ3v) is 3.61. The molecule has 3 heteroatoms. The molecule has 0 bridgehead atoms. The average Bonchev–Trinajstić information content (AvgIpc) is 2.53. The molecular formula is C18H17NO2. The van der Waals surface area contributed by atoms with E-state index < -0.39 is 0 Å². The van der Waals surface area contributed by atoms with Crippen molar-refractivity contribution in [3.05, 3.63) is 65.0 Å². The Labute approximate surface area is 123 Å². The zero-order valence-electron chi connectivity index (χ0n) is 12.2. The smallest absolute Gasteiger partial charge is 0.262 e. The van der Waals surface area contributed by atoms with Crippen molar-refractivity contribution >= 4 is 10.9 Å². The highest BCUT2D eigenvalue weighted by molar-refractivity contribution is 5.92. The molecule has 0 radical (unpaired) electrons. The van der Waals surface area contributed by atoms with E-state index in [9.17, 15) is 4.79 Å². The second-order valence-corrected chi connectivity index (χ2v) is 4.88. The zero-order chi connectivity index (χ0) is 14.8. The van der Waals surface area contributed by atoms with Crippen LogP contribution in [0.25, 0.3) is 22.0 Å². The molecule has 0 saturated heterocycles. The Balaban J connectivity index is 2.45. The highest BCUT2D eigenvalue weighted by atomic mass is 16.5. The molecule has 3 aromatic rings. The minimum atomic E-state index is -0.0386. The number of aryl methyl sites for hydroxylation is 1. The Morgan fingerprint density at radius 3 is 2.38 bits per heavy atom. The summed E-state index contributed by atoms with van der Waals surface area (Å²) in [6.45, 7) is 2.46. The van der Waals surface area contributed by atoms with Crippen LogP contribution in [0.1, 0.15) is 6.92 Å².